The number of sulfonamides is 1. The van der Waals surface area contributed by atoms with Crippen LogP contribution in [0.3, 0.4) is 0 Å². The Hall–Kier alpha value is -2.99. The fraction of sp³-hybridized carbons (Fsp3) is 0.481. The van der Waals surface area contributed by atoms with Crippen molar-refractivity contribution in [2.45, 2.75) is 63.8 Å². The Morgan fingerprint density at radius 2 is 1.82 bits per heavy atom. The summed E-state index contributed by atoms with van der Waals surface area (Å²) in [6, 6.07) is 8.09. The number of rotatable bonds is 11. The van der Waals surface area contributed by atoms with Crippen LogP contribution in [0.15, 0.2) is 42.5 Å². The molecule has 0 aromatic heterocycles. The Morgan fingerprint density at radius 1 is 1.15 bits per heavy atom. The maximum atomic E-state index is 13.8. The predicted octanol–water partition coefficient (Wildman–Crippen LogP) is 5.00. The molecule has 2 amide bonds. The van der Waals surface area contributed by atoms with Gasteiger partial charge in [-0.1, -0.05) is 43.5 Å². The predicted molar refractivity (Wildman–Crippen MR) is 147 cm³/mol. The van der Waals surface area contributed by atoms with Gasteiger partial charge in [0.25, 0.3) is 0 Å². The van der Waals surface area contributed by atoms with Crippen molar-refractivity contribution in [1.29, 1.82) is 0 Å². The van der Waals surface area contributed by atoms with E-state index < -0.39 is 45.9 Å². The Morgan fingerprint density at radius 3 is 2.40 bits per heavy atom. The summed E-state index contributed by atoms with van der Waals surface area (Å²) in [4.78, 5) is 28.4. The number of methoxy groups -OCH3 is 1. The van der Waals surface area contributed by atoms with E-state index in [2.05, 4.69) is 5.32 Å². The number of halogens is 4. The van der Waals surface area contributed by atoms with Crippen molar-refractivity contribution in [3.63, 3.8) is 0 Å². The molecule has 2 aromatic rings. The zero-order valence-corrected chi connectivity index (χ0v) is 24.1. The van der Waals surface area contributed by atoms with Crippen LogP contribution in [-0.4, -0.2) is 57.1 Å². The quantitative estimate of drug-likeness (QED) is 0.390. The second kappa shape index (κ2) is 13.1. The highest BCUT2D eigenvalue weighted by Gasteiger charge is 2.35. The van der Waals surface area contributed by atoms with Crippen LogP contribution < -0.4 is 14.4 Å². The highest BCUT2D eigenvalue weighted by Crippen LogP contribution is 2.36. The van der Waals surface area contributed by atoms with Gasteiger partial charge in [0.15, 0.2) is 0 Å². The van der Waals surface area contributed by atoms with E-state index >= 15 is 0 Å². The van der Waals surface area contributed by atoms with Gasteiger partial charge < -0.3 is 15.0 Å². The summed E-state index contributed by atoms with van der Waals surface area (Å²) in [5.74, 6) is -0.648. The van der Waals surface area contributed by atoms with Gasteiger partial charge in [0.1, 0.15) is 18.3 Å². The molecule has 1 aliphatic carbocycles. The smallest absolute Gasteiger partial charge is 0.416 e. The van der Waals surface area contributed by atoms with Crippen molar-refractivity contribution in [2.75, 3.05) is 24.2 Å². The molecule has 0 heterocycles. The molecule has 3 rings (SSSR count). The lowest BCUT2D eigenvalue weighted by atomic mass is 10.1. The van der Waals surface area contributed by atoms with E-state index in [1.807, 2.05) is 0 Å². The van der Waals surface area contributed by atoms with Gasteiger partial charge in [-0.25, -0.2) is 8.42 Å². The Balaban J connectivity index is 2.00. The van der Waals surface area contributed by atoms with Gasteiger partial charge in [0.2, 0.25) is 21.8 Å². The van der Waals surface area contributed by atoms with Gasteiger partial charge in [0, 0.05) is 12.6 Å². The summed E-state index contributed by atoms with van der Waals surface area (Å²) in [6.07, 6.45) is -0.171. The minimum atomic E-state index is -4.77. The first kappa shape index (κ1) is 31.5. The highest BCUT2D eigenvalue weighted by molar-refractivity contribution is 7.92. The Bertz CT molecular complexity index is 1320. The SMILES string of the molecule is CCC(C(=O)NC1CCCC1)N(Cc1cccc(OC)c1)C(=O)CN(c1cc(C(F)(F)F)ccc1Cl)S(C)(=O)=O. The fourth-order valence-corrected chi connectivity index (χ4v) is 5.85. The molecule has 1 saturated carbocycles. The number of carbonyl (C=O) groups is 2. The minimum Gasteiger partial charge on any atom is -0.497 e. The fourth-order valence-electron chi connectivity index (χ4n) is 4.73. The number of nitrogens with one attached hydrogen (secondary N) is 1. The number of alkyl halides is 3. The average molecular weight is 604 g/mol. The number of hydrogen-bond donors (Lipinski definition) is 1. The van der Waals surface area contributed by atoms with Gasteiger partial charge >= 0.3 is 6.18 Å². The van der Waals surface area contributed by atoms with E-state index in [0.29, 0.717) is 21.7 Å². The number of anilines is 1. The molecule has 13 heteroatoms. The van der Waals surface area contributed by atoms with Crippen LogP contribution in [0, 0.1) is 0 Å². The van der Waals surface area contributed by atoms with E-state index in [9.17, 15) is 31.2 Å². The van der Waals surface area contributed by atoms with Crippen LogP contribution >= 0.6 is 11.6 Å². The maximum Gasteiger partial charge on any atom is 0.416 e. The molecule has 2 aromatic carbocycles. The molecule has 0 saturated heterocycles. The van der Waals surface area contributed by atoms with Crippen LogP contribution in [0.2, 0.25) is 5.02 Å². The highest BCUT2D eigenvalue weighted by atomic mass is 35.5. The summed E-state index contributed by atoms with van der Waals surface area (Å²) < 4.78 is 71.6. The van der Waals surface area contributed by atoms with Crippen LogP contribution in [-0.2, 0) is 32.3 Å². The average Bonchev–Trinajstić information content (AvgIpc) is 3.39. The first-order valence-electron chi connectivity index (χ1n) is 12.8. The molecule has 8 nitrogen and oxygen atoms in total. The largest absolute Gasteiger partial charge is 0.497 e. The molecule has 40 heavy (non-hydrogen) atoms. The van der Waals surface area contributed by atoms with Crippen molar-refractivity contribution in [3.05, 3.63) is 58.6 Å². The lowest BCUT2D eigenvalue weighted by Gasteiger charge is -2.33. The zero-order chi connectivity index (χ0) is 29.7. The van der Waals surface area contributed by atoms with Gasteiger partial charge in [-0.05, 0) is 55.2 Å². The zero-order valence-electron chi connectivity index (χ0n) is 22.5. The molecule has 1 aliphatic rings. The molecule has 0 radical (unpaired) electrons. The number of benzene rings is 2. The maximum absolute atomic E-state index is 13.8. The van der Waals surface area contributed by atoms with Crippen LogP contribution in [0.5, 0.6) is 5.75 Å². The van der Waals surface area contributed by atoms with Crippen LogP contribution in [0.4, 0.5) is 18.9 Å². The topological polar surface area (TPSA) is 96.0 Å². The third-order valence-electron chi connectivity index (χ3n) is 6.80. The number of nitrogens with zero attached hydrogens (tertiary/aromatic N) is 2. The lowest BCUT2D eigenvalue weighted by Crippen LogP contribution is -2.53. The van der Waals surface area contributed by atoms with Crippen LogP contribution in [0.25, 0.3) is 0 Å². The van der Waals surface area contributed by atoms with Crippen molar-refractivity contribution < 1.29 is 35.9 Å². The van der Waals surface area contributed by atoms with Crippen molar-refractivity contribution in [2.24, 2.45) is 0 Å². The third-order valence-corrected chi connectivity index (χ3v) is 8.24. The van der Waals surface area contributed by atoms with Gasteiger partial charge in [-0.15, -0.1) is 0 Å². The van der Waals surface area contributed by atoms with E-state index in [4.69, 9.17) is 16.3 Å². The monoisotopic (exact) mass is 603 g/mol. The van der Waals surface area contributed by atoms with Crippen molar-refractivity contribution >= 4 is 39.1 Å². The van der Waals surface area contributed by atoms with Gasteiger partial charge in [-0.3, -0.25) is 13.9 Å². The molecule has 0 aliphatic heterocycles. The first-order chi connectivity index (χ1) is 18.7. The molecule has 220 valence electrons. The van der Waals surface area contributed by atoms with E-state index in [-0.39, 0.29) is 29.9 Å². The van der Waals surface area contributed by atoms with Crippen LogP contribution in [0.1, 0.15) is 50.2 Å². The number of carbonyl (C=O) groups excluding carboxylic acids is 2. The van der Waals surface area contributed by atoms with Crippen molar-refractivity contribution in [3.8, 4) is 5.75 Å². The van der Waals surface area contributed by atoms with Gasteiger partial charge in [-0.2, -0.15) is 13.2 Å². The summed E-state index contributed by atoms with van der Waals surface area (Å²) in [5.41, 5.74) is -0.997. The lowest BCUT2D eigenvalue weighted by molar-refractivity contribution is -0.140. The molecule has 0 bridgehead atoms. The first-order valence-corrected chi connectivity index (χ1v) is 15.0. The third kappa shape index (κ3) is 8.03. The second-order valence-corrected chi connectivity index (χ2v) is 12.0. The summed E-state index contributed by atoms with van der Waals surface area (Å²) >= 11 is 6.13. The summed E-state index contributed by atoms with van der Waals surface area (Å²) in [7, 11) is -2.79. The molecule has 1 unspecified atom stereocenters. The molecule has 1 N–H and O–H groups in total. The van der Waals surface area contributed by atoms with Crippen molar-refractivity contribution in [1.82, 2.24) is 10.2 Å². The summed E-state index contributed by atoms with van der Waals surface area (Å²) in [5, 5.41) is 2.71. The Labute approximate surface area is 237 Å². The molecule has 1 atom stereocenters. The standard InChI is InChI=1S/C27H33ClF3N3O5S/c1-4-23(26(36)32-20-9-5-6-10-20)33(16-18-8-7-11-21(14-18)39-2)25(35)17-34(40(3,37)38)24-15-19(27(29,30)31)12-13-22(24)28/h7-8,11-15,20,23H,4-6,9-10,16-17H2,1-3H3,(H,32,36). The molecule has 0 spiro atoms. The number of amides is 2. The van der Waals surface area contributed by atoms with E-state index in [1.54, 1.807) is 31.2 Å². The normalized spacial score (nSPS) is 15.0. The minimum absolute atomic E-state index is 0.0215. The second-order valence-electron chi connectivity index (χ2n) is 9.72. The van der Waals surface area contributed by atoms with E-state index in [1.165, 1.54) is 12.0 Å². The van der Waals surface area contributed by atoms with Gasteiger partial charge in [0.05, 0.1) is 29.6 Å². The molecule has 1 fully saturated rings. The number of hydrogen-bond acceptors (Lipinski definition) is 5. The van der Waals surface area contributed by atoms with E-state index in [0.717, 1.165) is 44.1 Å². The summed E-state index contributed by atoms with van der Waals surface area (Å²) in [6.45, 7) is 0.792. The molecular formula is C27H33ClF3N3O5S. The Kier molecular flexibility index (Phi) is 10.3. The molecular weight excluding hydrogens is 571 g/mol. The number of ether oxygens (including phenoxy) is 1.